The molecular formula is C17H24N4O2. The van der Waals surface area contributed by atoms with Crippen molar-refractivity contribution in [3.05, 3.63) is 42.2 Å². The second-order valence-corrected chi connectivity index (χ2v) is 6.50. The molecule has 0 bridgehead atoms. The standard InChI is InChI=1S/C17H24N4O2/c1-17(2,3)20-16(22)23-9-5-7-13-6-4-8-15(10-13)21-12-14(18)11-19-21/h4,6,8,10-12H,5,7,9,18H2,1-3H3,(H,20,22). The largest absolute Gasteiger partial charge is 0.450 e. The zero-order chi connectivity index (χ0) is 16.9. The molecule has 0 aliphatic rings. The normalized spacial score (nSPS) is 11.3. The number of rotatable bonds is 5. The lowest BCUT2D eigenvalue weighted by Gasteiger charge is -2.19. The number of anilines is 1. The van der Waals surface area contributed by atoms with E-state index in [-0.39, 0.29) is 11.6 Å². The zero-order valence-electron chi connectivity index (χ0n) is 13.9. The number of nitrogens with zero attached hydrogens (tertiary/aromatic N) is 2. The first-order chi connectivity index (χ1) is 10.8. The lowest BCUT2D eigenvalue weighted by atomic mass is 10.1. The van der Waals surface area contributed by atoms with E-state index in [1.807, 2.05) is 39.0 Å². The van der Waals surface area contributed by atoms with Crippen molar-refractivity contribution in [3.63, 3.8) is 0 Å². The first-order valence-electron chi connectivity index (χ1n) is 7.68. The maximum Gasteiger partial charge on any atom is 0.407 e. The monoisotopic (exact) mass is 316 g/mol. The van der Waals surface area contributed by atoms with Crippen LogP contribution in [0.15, 0.2) is 36.7 Å². The molecule has 0 spiro atoms. The molecule has 2 aromatic rings. The van der Waals surface area contributed by atoms with E-state index in [0.29, 0.717) is 12.3 Å². The molecule has 6 nitrogen and oxygen atoms in total. The van der Waals surface area contributed by atoms with E-state index < -0.39 is 0 Å². The number of aryl methyl sites for hydroxylation is 1. The smallest absolute Gasteiger partial charge is 0.407 e. The van der Waals surface area contributed by atoms with Crippen molar-refractivity contribution >= 4 is 11.8 Å². The topological polar surface area (TPSA) is 82.2 Å². The highest BCUT2D eigenvalue weighted by atomic mass is 16.5. The van der Waals surface area contributed by atoms with Crippen LogP contribution >= 0.6 is 0 Å². The van der Waals surface area contributed by atoms with Gasteiger partial charge in [0.1, 0.15) is 0 Å². The molecule has 0 saturated heterocycles. The Balaban J connectivity index is 1.81. The van der Waals surface area contributed by atoms with Gasteiger partial charge in [0.25, 0.3) is 0 Å². The molecule has 1 aromatic heterocycles. The minimum absolute atomic E-state index is 0.281. The van der Waals surface area contributed by atoms with E-state index in [9.17, 15) is 4.79 Å². The van der Waals surface area contributed by atoms with Crippen LogP contribution in [-0.4, -0.2) is 28.0 Å². The van der Waals surface area contributed by atoms with Gasteiger partial charge in [-0.05, 0) is 51.3 Å². The third-order valence-electron chi connectivity index (χ3n) is 3.10. The minimum Gasteiger partial charge on any atom is -0.450 e. The van der Waals surface area contributed by atoms with Gasteiger partial charge in [-0.25, -0.2) is 9.48 Å². The molecular weight excluding hydrogens is 292 g/mol. The maximum absolute atomic E-state index is 11.6. The van der Waals surface area contributed by atoms with Gasteiger partial charge < -0.3 is 15.8 Å². The summed E-state index contributed by atoms with van der Waals surface area (Å²) in [5.41, 5.74) is 8.17. The molecule has 1 amide bonds. The molecule has 6 heteroatoms. The Morgan fingerprint density at radius 3 is 2.83 bits per heavy atom. The van der Waals surface area contributed by atoms with Crippen molar-refractivity contribution in [2.45, 2.75) is 39.2 Å². The summed E-state index contributed by atoms with van der Waals surface area (Å²) in [6.07, 6.45) is 4.61. The number of nitrogen functional groups attached to an aromatic ring is 1. The number of ether oxygens (including phenoxy) is 1. The molecule has 0 saturated carbocycles. The predicted molar refractivity (Wildman–Crippen MR) is 90.5 cm³/mol. The first-order valence-corrected chi connectivity index (χ1v) is 7.68. The van der Waals surface area contributed by atoms with E-state index in [2.05, 4.69) is 16.5 Å². The number of benzene rings is 1. The van der Waals surface area contributed by atoms with Gasteiger partial charge in [-0.3, -0.25) is 0 Å². The van der Waals surface area contributed by atoms with E-state index in [1.165, 1.54) is 0 Å². The SMILES string of the molecule is CC(C)(C)NC(=O)OCCCc1cccc(-n2cc(N)cn2)c1. The van der Waals surface area contributed by atoms with Crippen molar-refractivity contribution < 1.29 is 9.53 Å². The van der Waals surface area contributed by atoms with Gasteiger partial charge in [0.15, 0.2) is 0 Å². The van der Waals surface area contributed by atoms with Crippen LogP contribution in [0.5, 0.6) is 0 Å². The molecule has 0 aliphatic heterocycles. The number of amides is 1. The van der Waals surface area contributed by atoms with E-state index in [0.717, 1.165) is 24.1 Å². The summed E-state index contributed by atoms with van der Waals surface area (Å²) in [5, 5.41) is 6.96. The van der Waals surface area contributed by atoms with E-state index in [4.69, 9.17) is 10.5 Å². The molecule has 2 rings (SSSR count). The minimum atomic E-state index is -0.377. The molecule has 124 valence electrons. The molecule has 23 heavy (non-hydrogen) atoms. The number of nitrogens with two attached hydrogens (primary N) is 1. The fourth-order valence-corrected chi connectivity index (χ4v) is 2.12. The average molecular weight is 316 g/mol. The van der Waals surface area contributed by atoms with Gasteiger partial charge in [0.05, 0.1) is 30.4 Å². The summed E-state index contributed by atoms with van der Waals surface area (Å²) in [5.74, 6) is 0. The Morgan fingerprint density at radius 2 is 2.17 bits per heavy atom. The number of aromatic nitrogens is 2. The summed E-state index contributed by atoms with van der Waals surface area (Å²) in [7, 11) is 0. The second-order valence-electron chi connectivity index (χ2n) is 6.50. The summed E-state index contributed by atoms with van der Waals surface area (Å²) in [6.45, 7) is 6.15. The van der Waals surface area contributed by atoms with Crippen molar-refractivity contribution in [1.82, 2.24) is 15.1 Å². The molecule has 0 unspecified atom stereocenters. The summed E-state index contributed by atoms with van der Waals surface area (Å²) in [4.78, 5) is 11.6. The highest BCUT2D eigenvalue weighted by Gasteiger charge is 2.14. The number of nitrogens with one attached hydrogen (secondary N) is 1. The molecule has 0 aliphatic carbocycles. The molecule has 1 aromatic carbocycles. The summed E-state index contributed by atoms with van der Waals surface area (Å²) in [6, 6.07) is 8.06. The highest BCUT2D eigenvalue weighted by Crippen LogP contribution is 2.13. The molecule has 1 heterocycles. The third-order valence-corrected chi connectivity index (χ3v) is 3.10. The second kappa shape index (κ2) is 7.17. The molecule has 3 N–H and O–H groups in total. The predicted octanol–water partition coefficient (Wildman–Crippen LogP) is 2.91. The van der Waals surface area contributed by atoms with Crippen LogP contribution in [-0.2, 0) is 11.2 Å². The van der Waals surface area contributed by atoms with Gasteiger partial charge in [0.2, 0.25) is 0 Å². The van der Waals surface area contributed by atoms with Crippen molar-refractivity contribution in [1.29, 1.82) is 0 Å². The van der Waals surface area contributed by atoms with Crippen LogP contribution in [0.25, 0.3) is 5.69 Å². The van der Waals surface area contributed by atoms with Crippen molar-refractivity contribution in [2.24, 2.45) is 0 Å². The Labute approximate surface area is 136 Å². The summed E-state index contributed by atoms with van der Waals surface area (Å²) < 4.78 is 6.92. The van der Waals surface area contributed by atoms with Crippen LogP contribution in [0.2, 0.25) is 0 Å². The van der Waals surface area contributed by atoms with Gasteiger partial charge in [-0.1, -0.05) is 12.1 Å². The van der Waals surface area contributed by atoms with E-state index in [1.54, 1.807) is 17.1 Å². The number of hydrogen-bond acceptors (Lipinski definition) is 4. The Kier molecular flexibility index (Phi) is 5.26. The molecule has 0 radical (unpaired) electrons. The van der Waals surface area contributed by atoms with Crippen LogP contribution in [0.3, 0.4) is 0 Å². The lowest BCUT2D eigenvalue weighted by molar-refractivity contribution is 0.136. The number of carbonyl (C=O) groups is 1. The van der Waals surface area contributed by atoms with Crippen molar-refractivity contribution in [2.75, 3.05) is 12.3 Å². The first kappa shape index (κ1) is 16.9. The van der Waals surface area contributed by atoms with Crippen LogP contribution < -0.4 is 11.1 Å². The van der Waals surface area contributed by atoms with Crippen LogP contribution in [0.4, 0.5) is 10.5 Å². The van der Waals surface area contributed by atoms with Gasteiger partial charge >= 0.3 is 6.09 Å². The average Bonchev–Trinajstić information content (AvgIpc) is 2.89. The number of alkyl carbamates (subject to hydrolysis) is 1. The fraction of sp³-hybridized carbons (Fsp3) is 0.412. The third kappa shape index (κ3) is 5.65. The molecule has 0 atom stereocenters. The lowest BCUT2D eigenvalue weighted by Crippen LogP contribution is -2.41. The molecule has 0 fully saturated rings. The van der Waals surface area contributed by atoms with Crippen molar-refractivity contribution in [3.8, 4) is 5.69 Å². The Hall–Kier alpha value is -2.50. The maximum atomic E-state index is 11.6. The van der Waals surface area contributed by atoms with E-state index >= 15 is 0 Å². The van der Waals surface area contributed by atoms with Gasteiger partial charge in [-0.15, -0.1) is 0 Å². The summed E-state index contributed by atoms with van der Waals surface area (Å²) >= 11 is 0. The zero-order valence-corrected chi connectivity index (χ0v) is 13.9. The van der Waals surface area contributed by atoms with Crippen LogP contribution in [0.1, 0.15) is 32.8 Å². The quantitative estimate of drug-likeness (QED) is 0.831. The van der Waals surface area contributed by atoms with Crippen LogP contribution in [0, 0.1) is 0 Å². The van der Waals surface area contributed by atoms with Gasteiger partial charge in [0, 0.05) is 5.54 Å². The number of hydrogen-bond donors (Lipinski definition) is 2. The number of carbonyl (C=O) groups excluding carboxylic acids is 1. The highest BCUT2D eigenvalue weighted by molar-refractivity contribution is 5.68. The Bertz CT molecular complexity index is 659. The Morgan fingerprint density at radius 1 is 1.39 bits per heavy atom. The fourth-order valence-electron chi connectivity index (χ4n) is 2.12. The van der Waals surface area contributed by atoms with Gasteiger partial charge in [-0.2, -0.15) is 5.10 Å².